The highest BCUT2D eigenvalue weighted by Gasteiger charge is 2.25. The zero-order valence-electron chi connectivity index (χ0n) is 16.1. The summed E-state index contributed by atoms with van der Waals surface area (Å²) in [6.07, 6.45) is 0. The summed E-state index contributed by atoms with van der Waals surface area (Å²) in [6.45, 7) is 6.10. The molecule has 3 rings (SSSR count). The third-order valence-corrected chi connectivity index (χ3v) is 7.03. The standard InChI is InChI=1S/C19H20BrN3O3S2/c1-10(2)27-18-15(12-6-8-13(25-4)9-7-12)21-19(28-18)23-16(17(24)26-5)14(20)11(3)22-23/h6-10H,1-5H3. The monoisotopic (exact) mass is 481 g/mol. The third kappa shape index (κ3) is 4.11. The highest BCUT2D eigenvalue weighted by Crippen LogP contribution is 2.40. The van der Waals surface area contributed by atoms with Crippen molar-refractivity contribution < 1.29 is 14.3 Å². The topological polar surface area (TPSA) is 66.2 Å². The van der Waals surface area contributed by atoms with E-state index in [1.807, 2.05) is 31.2 Å². The van der Waals surface area contributed by atoms with Gasteiger partial charge in [-0.3, -0.25) is 0 Å². The van der Waals surface area contributed by atoms with Gasteiger partial charge in [-0.25, -0.2) is 9.78 Å². The molecule has 0 bridgehead atoms. The molecule has 0 aliphatic rings. The zero-order valence-corrected chi connectivity index (χ0v) is 19.4. The van der Waals surface area contributed by atoms with Crippen LogP contribution in [0.25, 0.3) is 16.4 Å². The van der Waals surface area contributed by atoms with E-state index >= 15 is 0 Å². The largest absolute Gasteiger partial charge is 0.497 e. The molecule has 28 heavy (non-hydrogen) atoms. The molecule has 2 heterocycles. The highest BCUT2D eigenvalue weighted by molar-refractivity contribution is 9.10. The molecule has 0 radical (unpaired) electrons. The van der Waals surface area contributed by atoms with Crippen LogP contribution in [-0.2, 0) is 4.74 Å². The molecule has 0 spiro atoms. The molecule has 3 aromatic rings. The molecule has 6 nitrogen and oxygen atoms in total. The zero-order chi connectivity index (χ0) is 20.4. The number of carbonyl (C=O) groups is 1. The Balaban J connectivity index is 2.15. The minimum Gasteiger partial charge on any atom is -0.497 e. The predicted octanol–water partition coefficient (Wildman–Crippen LogP) is 5.36. The smallest absolute Gasteiger partial charge is 0.358 e. The Hall–Kier alpha value is -1.84. The van der Waals surface area contributed by atoms with E-state index in [4.69, 9.17) is 14.5 Å². The van der Waals surface area contributed by atoms with E-state index in [1.165, 1.54) is 18.4 Å². The molecule has 148 valence electrons. The normalized spacial score (nSPS) is 11.1. The number of hydrogen-bond donors (Lipinski definition) is 0. The first-order valence-corrected chi connectivity index (χ1v) is 11.0. The molecule has 0 N–H and O–H groups in total. The average Bonchev–Trinajstić information content (AvgIpc) is 3.22. The number of esters is 1. The molecule has 0 atom stereocenters. The van der Waals surface area contributed by atoms with E-state index in [9.17, 15) is 4.79 Å². The molecule has 0 fully saturated rings. The molecule has 0 unspecified atom stereocenters. The summed E-state index contributed by atoms with van der Waals surface area (Å²) >= 11 is 6.67. The fraction of sp³-hybridized carbons (Fsp3) is 0.316. The van der Waals surface area contributed by atoms with Gasteiger partial charge in [-0.2, -0.15) is 9.78 Å². The Morgan fingerprint density at radius 2 is 1.93 bits per heavy atom. The fourth-order valence-corrected chi connectivity index (χ4v) is 5.42. The van der Waals surface area contributed by atoms with Gasteiger partial charge >= 0.3 is 5.97 Å². The summed E-state index contributed by atoms with van der Waals surface area (Å²) in [7, 11) is 2.99. The Labute approximate surface area is 180 Å². The van der Waals surface area contributed by atoms with E-state index < -0.39 is 5.97 Å². The van der Waals surface area contributed by atoms with Crippen molar-refractivity contribution in [2.75, 3.05) is 14.2 Å². The SMILES string of the molecule is COC(=O)c1c(Br)c(C)nn1-c1nc(-c2ccc(OC)cc2)c(SC(C)C)s1. The van der Waals surface area contributed by atoms with Crippen LogP contribution in [0.15, 0.2) is 32.9 Å². The van der Waals surface area contributed by atoms with Gasteiger partial charge in [0.15, 0.2) is 5.69 Å². The van der Waals surface area contributed by atoms with Crippen molar-refractivity contribution in [2.45, 2.75) is 30.2 Å². The maximum absolute atomic E-state index is 12.3. The van der Waals surface area contributed by atoms with Gasteiger partial charge in [0.1, 0.15) is 5.75 Å². The first-order valence-electron chi connectivity index (χ1n) is 8.51. The summed E-state index contributed by atoms with van der Waals surface area (Å²) in [4.78, 5) is 17.1. The number of rotatable bonds is 6. The van der Waals surface area contributed by atoms with Crippen LogP contribution in [-0.4, -0.2) is 40.2 Å². The highest BCUT2D eigenvalue weighted by atomic mass is 79.9. The van der Waals surface area contributed by atoms with Crippen LogP contribution < -0.4 is 4.74 Å². The van der Waals surface area contributed by atoms with E-state index in [2.05, 4.69) is 34.9 Å². The van der Waals surface area contributed by atoms with Gasteiger partial charge in [-0.15, -0.1) is 11.8 Å². The lowest BCUT2D eigenvalue weighted by Crippen LogP contribution is -2.10. The van der Waals surface area contributed by atoms with E-state index in [1.54, 1.807) is 23.6 Å². The molecule has 0 aliphatic heterocycles. The number of thioether (sulfide) groups is 1. The molecule has 9 heteroatoms. The summed E-state index contributed by atoms with van der Waals surface area (Å²) < 4.78 is 13.4. The fourth-order valence-electron chi connectivity index (χ4n) is 2.53. The van der Waals surface area contributed by atoms with E-state index in [0.29, 0.717) is 26.2 Å². The Bertz CT molecular complexity index is 997. The summed E-state index contributed by atoms with van der Waals surface area (Å²) in [6, 6.07) is 7.78. The molecular weight excluding hydrogens is 462 g/mol. The Morgan fingerprint density at radius 3 is 2.50 bits per heavy atom. The second kappa shape index (κ2) is 8.67. The quantitative estimate of drug-likeness (QED) is 0.348. The van der Waals surface area contributed by atoms with Crippen LogP contribution in [0.3, 0.4) is 0 Å². The van der Waals surface area contributed by atoms with Gasteiger partial charge in [0.05, 0.1) is 34.3 Å². The molecule has 2 aromatic heterocycles. The van der Waals surface area contributed by atoms with Crippen molar-refractivity contribution in [3.63, 3.8) is 0 Å². The number of benzene rings is 1. The number of aryl methyl sites for hydroxylation is 1. The molecule has 0 aliphatic carbocycles. The molecule has 1 aromatic carbocycles. The Morgan fingerprint density at radius 1 is 1.25 bits per heavy atom. The van der Waals surface area contributed by atoms with Crippen molar-refractivity contribution >= 4 is 45.0 Å². The summed E-state index contributed by atoms with van der Waals surface area (Å²) in [5.41, 5.74) is 2.87. The number of methoxy groups -OCH3 is 2. The molecule has 0 saturated carbocycles. The van der Waals surface area contributed by atoms with Gasteiger partial charge in [0.2, 0.25) is 5.13 Å². The maximum Gasteiger partial charge on any atom is 0.358 e. The van der Waals surface area contributed by atoms with Crippen molar-refractivity contribution in [2.24, 2.45) is 0 Å². The van der Waals surface area contributed by atoms with E-state index in [0.717, 1.165) is 21.2 Å². The lowest BCUT2D eigenvalue weighted by molar-refractivity contribution is 0.0589. The second-order valence-corrected chi connectivity index (χ2v) is 9.79. The third-order valence-electron chi connectivity index (χ3n) is 3.84. The number of carbonyl (C=O) groups excluding carboxylic acids is 1. The first-order chi connectivity index (χ1) is 13.3. The summed E-state index contributed by atoms with van der Waals surface area (Å²) in [5, 5.41) is 5.49. The first kappa shape index (κ1) is 20.9. The number of thiazole rings is 1. The molecular formula is C19H20BrN3O3S2. The molecule has 0 saturated heterocycles. The number of ether oxygens (including phenoxy) is 2. The minimum absolute atomic E-state index is 0.330. The lowest BCUT2D eigenvalue weighted by atomic mass is 10.2. The van der Waals surface area contributed by atoms with Crippen molar-refractivity contribution in [3.05, 3.63) is 40.1 Å². The van der Waals surface area contributed by atoms with Crippen LogP contribution in [0, 0.1) is 6.92 Å². The minimum atomic E-state index is -0.466. The number of aromatic nitrogens is 3. The van der Waals surface area contributed by atoms with Crippen LogP contribution in [0.4, 0.5) is 0 Å². The maximum atomic E-state index is 12.3. The van der Waals surface area contributed by atoms with Crippen LogP contribution in [0.5, 0.6) is 5.75 Å². The van der Waals surface area contributed by atoms with Crippen LogP contribution in [0.1, 0.15) is 30.0 Å². The van der Waals surface area contributed by atoms with Crippen molar-refractivity contribution in [3.8, 4) is 22.1 Å². The van der Waals surface area contributed by atoms with Gasteiger partial charge < -0.3 is 9.47 Å². The average molecular weight is 482 g/mol. The second-order valence-electron chi connectivity index (χ2n) is 6.18. The number of hydrogen-bond acceptors (Lipinski definition) is 7. The lowest BCUT2D eigenvalue weighted by Gasteiger charge is -2.05. The Kier molecular flexibility index (Phi) is 6.47. The molecule has 0 amide bonds. The van der Waals surface area contributed by atoms with Crippen LogP contribution in [0.2, 0.25) is 0 Å². The van der Waals surface area contributed by atoms with E-state index in [-0.39, 0.29) is 0 Å². The van der Waals surface area contributed by atoms with Crippen molar-refractivity contribution in [1.82, 2.24) is 14.8 Å². The number of nitrogens with zero attached hydrogens (tertiary/aromatic N) is 3. The van der Waals surface area contributed by atoms with Crippen LogP contribution >= 0.6 is 39.0 Å². The number of halogens is 1. The summed E-state index contributed by atoms with van der Waals surface area (Å²) in [5.74, 6) is 0.323. The van der Waals surface area contributed by atoms with Crippen molar-refractivity contribution in [1.29, 1.82) is 0 Å². The van der Waals surface area contributed by atoms with Gasteiger partial charge in [0.25, 0.3) is 0 Å². The predicted molar refractivity (Wildman–Crippen MR) is 116 cm³/mol. The van der Waals surface area contributed by atoms with Gasteiger partial charge in [-0.1, -0.05) is 25.2 Å². The van der Waals surface area contributed by atoms with Gasteiger partial charge in [-0.05, 0) is 47.1 Å². The van der Waals surface area contributed by atoms with Gasteiger partial charge in [0, 0.05) is 10.8 Å².